The molecule has 2 fully saturated rings. The van der Waals surface area contributed by atoms with Crippen molar-refractivity contribution in [3.8, 4) is 6.01 Å². The Kier molecular flexibility index (Phi) is 6.57. The van der Waals surface area contributed by atoms with Crippen LogP contribution in [0.5, 0.6) is 6.01 Å². The predicted molar refractivity (Wildman–Crippen MR) is 115 cm³/mol. The average molecular weight is 429 g/mol. The summed E-state index contributed by atoms with van der Waals surface area (Å²) in [4.78, 5) is 23.5. The van der Waals surface area contributed by atoms with Gasteiger partial charge in [-0.2, -0.15) is 0 Å². The molecule has 0 saturated carbocycles. The maximum atomic E-state index is 13.2. The summed E-state index contributed by atoms with van der Waals surface area (Å²) in [5, 5.41) is 0. The first kappa shape index (κ1) is 21.8. The average Bonchev–Trinajstić information content (AvgIpc) is 3.06. The zero-order valence-corrected chi connectivity index (χ0v) is 18.7. The van der Waals surface area contributed by atoms with Gasteiger partial charge >= 0.3 is 6.01 Å². The Bertz CT molecular complexity index is 890. The van der Waals surface area contributed by atoms with Crippen LogP contribution in [0.3, 0.4) is 0 Å². The maximum absolute atomic E-state index is 13.2. The highest BCUT2D eigenvalue weighted by Gasteiger charge is 2.42. The van der Waals surface area contributed by atoms with Crippen molar-refractivity contribution >= 4 is 5.91 Å². The molecule has 0 aliphatic carbocycles. The maximum Gasteiger partial charge on any atom is 0.316 e. The van der Waals surface area contributed by atoms with E-state index in [1.54, 1.807) is 25.6 Å². The van der Waals surface area contributed by atoms with E-state index in [-0.39, 0.29) is 17.6 Å². The van der Waals surface area contributed by atoms with Gasteiger partial charge in [-0.1, -0.05) is 0 Å². The monoisotopic (exact) mass is 428 g/mol. The molecule has 1 amide bonds. The van der Waals surface area contributed by atoms with E-state index in [0.717, 1.165) is 49.2 Å². The molecular formula is C23H32N4O4. The third-order valence-electron chi connectivity index (χ3n) is 6.55. The van der Waals surface area contributed by atoms with E-state index in [9.17, 15) is 4.79 Å². The Morgan fingerprint density at radius 2 is 2.00 bits per heavy atom. The number of ether oxygens (including phenoxy) is 3. The molecule has 4 rings (SSSR count). The van der Waals surface area contributed by atoms with Crippen LogP contribution in [0.15, 0.2) is 24.5 Å². The SMILES string of the molecule is COCCn1c(C)cc(C(=O)N2CCC3(CC2)CC(Oc2ncccn2)CCO3)c1C. The minimum Gasteiger partial charge on any atom is -0.460 e. The summed E-state index contributed by atoms with van der Waals surface area (Å²) in [6.45, 7) is 7.47. The lowest BCUT2D eigenvalue weighted by Crippen LogP contribution is -2.52. The van der Waals surface area contributed by atoms with Gasteiger partial charge in [0, 0.05) is 63.4 Å². The molecule has 1 spiro atoms. The van der Waals surface area contributed by atoms with Gasteiger partial charge in [0.05, 0.1) is 24.4 Å². The number of likely N-dealkylation sites (tertiary alicyclic amines) is 1. The summed E-state index contributed by atoms with van der Waals surface area (Å²) < 4.78 is 19.6. The van der Waals surface area contributed by atoms with Gasteiger partial charge in [-0.25, -0.2) is 9.97 Å². The molecule has 1 atom stereocenters. The molecule has 168 valence electrons. The number of carbonyl (C=O) groups is 1. The molecule has 2 aliphatic rings. The number of rotatable bonds is 6. The zero-order chi connectivity index (χ0) is 21.8. The minimum atomic E-state index is -0.232. The molecule has 31 heavy (non-hydrogen) atoms. The Hall–Kier alpha value is -2.45. The quantitative estimate of drug-likeness (QED) is 0.704. The number of methoxy groups -OCH3 is 1. The number of amides is 1. The molecule has 2 saturated heterocycles. The molecule has 4 heterocycles. The number of aryl methyl sites for hydroxylation is 1. The zero-order valence-electron chi connectivity index (χ0n) is 18.7. The van der Waals surface area contributed by atoms with E-state index in [1.807, 2.05) is 24.8 Å². The molecule has 8 nitrogen and oxygen atoms in total. The van der Waals surface area contributed by atoms with E-state index in [2.05, 4.69) is 14.5 Å². The molecule has 0 bridgehead atoms. The van der Waals surface area contributed by atoms with Crippen LogP contribution in [0.4, 0.5) is 0 Å². The van der Waals surface area contributed by atoms with Gasteiger partial charge in [0.15, 0.2) is 0 Å². The first-order chi connectivity index (χ1) is 15.0. The van der Waals surface area contributed by atoms with Crippen LogP contribution in [-0.2, 0) is 16.0 Å². The third-order valence-corrected chi connectivity index (χ3v) is 6.55. The van der Waals surface area contributed by atoms with Crippen LogP contribution in [0.2, 0.25) is 0 Å². The van der Waals surface area contributed by atoms with Gasteiger partial charge < -0.3 is 23.7 Å². The van der Waals surface area contributed by atoms with Crippen LogP contribution in [0, 0.1) is 13.8 Å². The van der Waals surface area contributed by atoms with Gasteiger partial charge in [-0.3, -0.25) is 4.79 Å². The smallest absolute Gasteiger partial charge is 0.316 e. The molecule has 1 unspecified atom stereocenters. The summed E-state index contributed by atoms with van der Waals surface area (Å²) in [6.07, 6.45) is 6.68. The fraction of sp³-hybridized carbons (Fsp3) is 0.609. The number of piperidine rings is 1. The van der Waals surface area contributed by atoms with Crippen molar-refractivity contribution in [3.63, 3.8) is 0 Å². The Labute approximate surface area is 183 Å². The lowest BCUT2D eigenvalue weighted by molar-refractivity contribution is -0.136. The Morgan fingerprint density at radius 1 is 1.26 bits per heavy atom. The van der Waals surface area contributed by atoms with Gasteiger partial charge in [0.2, 0.25) is 0 Å². The van der Waals surface area contributed by atoms with E-state index in [1.165, 1.54) is 0 Å². The highest BCUT2D eigenvalue weighted by molar-refractivity contribution is 5.95. The van der Waals surface area contributed by atoms with Gasteiger partial charge in [0.1, 0.15) is 6.10 Å². The second kappa shape index (κ2) is 9.36. The van der Waals surface area contributed by atoms with Gasteiger partial charge in [-0.05, 0) is 38.8 Å². The molecular weight excluding hydrogens is 396 g/mol. The van der Waals surface area contributed by atoms with Crippen LogP contribution in [0.25, 0.3) is 0 Å². The van der Waals surface area contributed by atoms with Gasteiger partial charge in [0.25, 0.3) is 5.91 Å². The summed E-state index contributed by atoms with van der Waals surface area (Å²) in [5.74, 6) is 0.105. The Balaban J connectivity index is 1.37. The molecule has 2 aliphatic heterocycles. The number of hydrogen-bond acceptors (Lipinski definition) is 6. The molecule has 0 radical (unpaired) electrons. The summed E-state index contributed by atoms with van der Waals surface area (Å²) in [6, 6.07) is 4.19. The van der Waals surface area contributed by atoms with Crippen molar-refractivity contribution < 1.29 is 19.0 Å². The standard InChI is InChI=1S/C23H32N4O4/c1-17-15-20(18(2)27(17)12-14-29-3)21(28)26-10-6-23(7-11-26)16-19(5-13-30-23)31-22-24-8-4-9-25-22/h4,8-9,15,19H,5-7,10-14,16H2,1-3H3. The van der Waals surface area contributed by atoms with E-state index in [4.69, 9.17) is 14.2 Å². The van der Waals surface area contributed by atoms with E-state index >= 15 is 0 Å². The van der Waals surface area contributed by atoms with Crippen LogP contribution < -0.4 is 4.74 Å². The fourth-order valence-electron chi connectivity index (χ4n) is 4.76. The van der Waals surface area contributed by atoms with E-state index in [0.29, 0.717) is 32.3 Å². The number of carbonyl (C=O) groups excluding carboxylic acids is 1. The Morgan fingerprint density at radius 3 is 2.71 bits per heavy atom. The second-order valence-corrected chi connectivity index (χ2v) is 8.52. The number of aromatic nitrogens is 3. The minimum absolute atomic E-state index is 0.0399. The van der Waals surface area contributed by atoms with Crippen molar-refractivity contribution in [2.45, 2.75) is 57.8 Å². The van der Waals surface area contributed by atoms with Crippen molar-refractivity contribution in [1.82, 2.24) is 19.4 Å². The van der Waals surface area contributed by atoms with Crippen molar-refractivity contribution in [1.29, 1.82) is 0 Å². The third kappa shape index (κ3) is 4.75. The lowest BCUT2D eigenvalue weighted by Gasteiger charge is -2.45. The summed E-state index contributed by atoms with van der Waals surface area (Å²) in [5.41, 5.74) is 2.65. The fourth-order valence-corrected chi connectivity index (χ4v) is 4.76. The summed E-state index contributed by atoms with van der Waals surface area (Å²) in [7, 11) is 1.69. The van der Waals surface area contributed by atoms with Crippen LogP contribution in [0.1, 0.15) is 47.4 Å². The van der Waals surface area contributed by atoms with Crippen LogP contribution >= 0.6 is 0 Å². The molecule has 2 aromatic rings. The number of nitrogens with zero attached hydrogens (tertiary/aromatic N) is 4. The highest BCUT2D eigenvalue weighted by atomic mass is 16.5. The topological polar surface area (TPSA) is 78.7 Å². The van der Waals surface area contributed by atoms with Crippen molar-refractivity contribution in [2.75, 3.05) is 33.4 Å². The van der Waals surface area contributed by atoms with Crippen molar-refractivity contribution in [2.24, 2.45) is 0 Å². The molecule has 2 aromatic heterocycles. The number of hydrogen-bond donors (Lipinski definition) is 0. The van der Waals surface area contributed by atoms with Crippen molar-refractivity contribution in [3.05, 3.63) is 41.5 Å². The van der Waals surface area contributed by atoms with E-state index < -0.39 is 0 Å². The lowest BCUT2D eigenvalue weighted by atomic mass is 9.83. The summed E-state index contributed by atoms with van der Waals surface area (Å²) >= 11 is 0. The molecule has 8 heteroatoms. The van der Waals surface area contributed by atoms with Gasteiger partial charge in [-0.15, -0.1) is 0 Å². The predicted octanol–water partition coefficient (Wildman–Crippen LogP) is 2.77. The molecule has 0 aromatic carbocycles. The normalized spacial score (nSPS) is 20.7. The second-order valence-electron chi connectivity index (χ2n) is 8.52. The van der Waals surface area contributed by atoms with Crippen LogP contribution in [-0.4, -0.2) is 70.5 Å². The first-order valence-electron chi connectivity index (χ1n) is 11.0. The molecule has 0 N–H and O–H groups in total. The first-order valence-corrected chi connectivity index (χ1v) is 11.0. The highest BCUT2D eigenvalue weighted by Crippen LogP contribution is 2.36. The largest absolute Gasteiger partial charge is 0.460 e.